The third kappa shape index (κ3) is 2.23. The van der Waals surface area contributed by atoms with Gasteiger partial charge in [-0.3, -0.25) is 0 Å². The Morgan fingerprint density at radius 2 is 2.07 bits per heavy atom. The summed E-state index contributed by atoms with van der Waals surface area (Å²) in [4.78, 5) is 11.6. The van der Waals surface area contributed by atoms with Crippen molar-refractivity contribution in [1.29, 1.82) is 0 Å². The molecule has 0 saturated carbocycles. The molecule has 0 aromatic carbocycles. The number of hydrogen-bond acceptors (Lipinski definition) is 4. The number of hydrogen-bond donors (Lipinski definition) is 2. The van der Waals surface area contributed by atoms with Crippen LogP contribution in [0.3, 0.4) is 0 Å². The van der Waals surface area contributed by atoms with Gasteiger partial charge in [-0.15, -0.1) is 0 Å². The van der Waals surface area contributed by atoms with Crippen molar-refractivity contribution in [3.8, 4) is 5.88 Å². The van der Waals surface area contributed by atoms with Gasteiger partial charge >= 0.3 is 0 Å². The van der Waals surface area contributed by atoms with Gasteiger partial charge in [0.1, 0.15) is 5.82 Å². The smallest absolute Gasteiger partial charge is 0.244 e. The lowest BCUT2D eigenvalue weighted by Gasteiger charge is -2.05. The minimum Gasteiger partial charge on any atom is -0.479 e. The summed E-state index contributed by atoms with van der Waals surface area (Å²) in [6, 6.07) is 0. The number of nitrogens with zero attached hydrogens (tertiary/aromatic N) is 3. The molecule has 1 aromatic heterocycles. The normalized spacial score (nSPS) is 9.64. The van der Waals surface area contributed by atoms with E-state index < -0.39 is 0 Å². The van der Waals surface area contributed by atoms with E-state index in [4.69, 9.17) is 27.8 Å². The van der Waals surface area contributed by atoms with Gasteiger partial charge in [0.05, 0.1) is 7.11 Å². The number of halogens is 1. The topological polar surface area (TPSA) is 99.4 Å². The third-order valence-electron chi connectivity index (χ3n) is 1.36. The van der Waals surface area contributed by atoms with E-state index in [9.17, 15) is 0 Å². The van der Waals surface area contributed by atoms with Gasteiger partial charge in [0.15, 0.2) is 16.8 Å². The first-order chi connectivity index (χ1) is 6.54. The van der Waals surface area contributed by atoms with Gasteiger partial charge in [0, 0.05) is 0 Å². The molecule has 0 unspecified atom stereocenters. The molecule has 0 radical (unpaired) electrons. The molecule has 0 aliphatic rings. The maximum atomic E-state index is 5.81. The quantitative estimate of drug-likeness (QED) is 0.421. The minimum atomic E-state index is -0.127. The van der Waals surface area contributed by atoms with Crippen molar-refractivity contribution in [2.75, 3.05) is 7.11 Å². The van der Waals surface area contributed by atoms with Crippen LogP contribution in [0.5, 0.6) is 5.88 Å². The largest absolute Gasteiger partial charge is 0.479 e. The van der Waals surface area contributed by atoms with E-state index in [1.165, 1.54) is 7.11 Å². The van der Waals surface area contributed by atoms with Crippen molar-refractivity contribution in [2.45, 2.75) is 6.92 Å². The zero-order valence-corrected chi connectivity index (χ0v) is 8.54. The van der Waals surface area contributed by atoms with Crippen LogP contribution in [0.25, 0.3) is 0 Å². The van der Waals surface area contributed by atoms with Crippen molar-refractivity contribution in [1.82, 2.24) is 9.97 Å². The van der Waals surface area contributed by atoms with E-state index in [1.54, 1.807) is 6.92 Å². The molecule has 1 heterocycles. The fourth-order valence-corrected chi connectivity index (χ4v) is 1.12. The standard InChI is InChI=1S/C7H10ClN5O/c1-3-11-5(8)4(13-7(9)10)6(12-3)14-2/h1-2H3,(H4,9,10,13). The van der Waals surface area contributed by atoms with Crippen molar-refractivity contribution < 1.29 is 4.74 Å². The maximum absolute atomic E-state index is 5.81. The van der Waals surface area contributed by atoms with Gasteiger partial charge in [0.2, 0.25) is 5.88 Å². The van der Waals surface area contributed by atoms with Gasteiger partial charge in [0.25, 0.3) is 0 Å². The number of methoxy groups -OCH3 is 1. The van der Waals surface area contributed by atoms with Crippen LogP contribution >= 0.6 is 11.6 Å². The van der Waals surface area contributed by atoms with Crippen molar-refractivity contribution in [3.05, 3.63) is 11.0 Å². The van der Waals surface area contributed by atoms with E-state index in [1.807, 2.05) is 0 Å². The molecular weight excluding hydrogens is 206 g/mol. The predicted octanol–water partition coefficient (Wildman–Crippen LogP) is 0.352. The molecule has 14 heavy (non-hydrogen) atoms. The highest BCUT2D eigenvalue weighted by Gasteiger charge is 2.11. The second-order valence-corrected chi connectivity index (χ2v) is 2.81. The van der Waals surface area contributed by atoms with E-state index in [0.717, 1.165) is 0 Å². The van der Waals surface area contributed by atoms with Gasteiger partial charge in [-0.05, 0) is 6.92 Å². The van der Waals surface area contributed by atoms with E-state index in [0.29, 0.717) is 5.82 Å². The summed E-state index contributed by atoms with van der Waals surface area (Å²) in [7, 11) is 1.45. The first kappa shape index (κ1) is 10.5. The SMILES string of the molecule is COc1nc(C)nc(Cl)c1N=C(N)N. The average Bonchev–Trinajstić information content (AvgIpc) is 2.08. The van der Waals surface area contributed by atoms with Crippen molar-refractivity contribution >= 4 is 23.2 Å². The van der Waals surface area contributed by atoms with Crippen LogP contribution in [0, 0.1) is 6.92 Å². The van der Waals surface area contributed by atoms with Gasteiger partial charge in [-0.1, -0.05) is 11.6 Å². The van der Waals surface area contributed by atoms with Crippen LogP contribution in [-0.4, -0.2) is 23.0 Å². The molecular formula is C7H10ClN5O. The maximum Gasteiger partial charge on any atom is 0.244 e. The second-order valence-electron chi connectivity index (χ2n) is 2.46. The first-order valence-corrected chi connectivity index (χ1v) is 4.10. The first-order valence-electron chi connectivity index (χ1n) is 3.72. The van der Waals surface area contributed by atoms with E-state index in [2.05, 4.69) is 15.0 Å². The number of aromatic nitrogens is 2. The number of nitrogens with two attached hydrogens (primary N) is 2. The molecule has 1 aromatic rings. The summed E-state index contributed by atoms with van der Waals surface area (Å²) < 4.78 is 4.95. The van der Waals surface area contributed by atoms with Crippen LogP contribution in [0.2, 0.25) is 5.15 Å². The molecule has 7 heteroatoms. The number of aliphatic imine (C=N–C) groups is 1. The molecule has 0 atom stereocenters. The summed E-state index contributed by atoms with van der Waals surface area (Å²) in [5.74, 6) is 0.606. The molecule has 0 spiro atoms. The van der Waals surface area contributed by atoms with Crippen LogP contribution in [0.1, 0.15) is 5.82 Å². The molecule has 0 saturated heterocycles. The van der Waals surface area contributed by atoms with E-state index >= 15 is 0 Å². The lowest BCUT2D eigenvalue weighted by atomic mass is 10.5. The molecule has 0 aliphatic carbocycles. The number of guanidine groups is 1. The summed E-state index contributed by atoms with van der Waals surface area (Å²) in [5, 5.41) is 0.155. The molecule has 0 amide bonds. The summed E-state index contributed by atoms with van der Waals surface area (Å²) in [6.45, 7) is 1.69. The van der Waals surface area contributed by atoms with Crippen LogP contribution < -0.4 is 16.2 Å². The molecule has 4 N–H and O–H groups in total. The molecule has 0 fully saturated rings. The van der Waals surface area contributed by atoms with E-state index in [-0.39, 0.29) is 22.7 Å². The zero-order valence-electron chi connectivity index (χ0n) is 7.78. The van der Waals surface area contributed by atoms with Gasteiger partial charge < -0.3 is 16.2 Å². The van der Waals surface area contributed by atoms with Crippen LogP contribution in [-0.2, 0) is 0 Å². The molecule has 6 nitrogen and oxygen atoms in total. The number of ether oxygens (including phenoxy) is 1. The Labute approximate surface area is 86.0 Å². The fraction of sp³-hybridized carbons (Fsp3) is 0.286. The Morgan fingerprint density at radius 3 is 2.57 bits per heavy atom. The Morgan fingerprint density at radius 1 is 1.43 bits per heavy atom. The van der Waals surface area contributed by atoms with Crippen molar-refractivity contribution in [2.24, 2.45) is 16.5 Å². The molecule has 1 rings (SSSR count). The summed E-state index contributed by atoms with van der Waals surface area (Å²) >= 11 is 5.81. The van der Waals surface area contributed by atoms with Gasteiger partial charge in [-0.25, -0.2) is 9.98 Å². The van der Waals surface area contributed by atoms with Crippen LogP contribution in [0.15, 0.2) is 4.99 Å². The average molecular weight is 216 g/mol. The van der Waals surface area contributed by atoms with Gasteiger partial charge in [-0.2, -0.15) is 4.98 Å². The zero-order chi connectivity index (χ0) is 10.7. The molecule has 0 bridgehead atoms. The Kier molecular flexibility index (Phi) is 3.08. The highest BCUT2D eigenvalue weighted by molar-refractivity contribution is 6.32. The third-order valence-corrected chi connectivity index (χ3v) is 1.62. The summed E-state index contributed by atoms with van der Waals surface area (Å²) in [5.41, 5.74) is 10.7. The molecule has 0 aliphatic heterocycles. The number of rotatable bonds is 2. The number of aryl methyl sites for hydroxylation is 1. The lowest BCUT2D eigenvalue weighted by Crippen LogP contribution is -2.22. The highest BCUT2D eigenvalue weighted by atomic mass is 35.5. The monoisotopic (exact) mass is 215 g/mol. The Bertz CT molecular complexity index is 375. The predicted molar refractivity (Wildman–Crippen MR) is 53.8 cm³/mol. The van der Waals surface area contributed by atoms with Crippen LogP contribution in [0.4, 0.5) is 5.69 Å². The highest BCUT2D eigenvalue weighted by Crippen LogP contribution is 2.31. The summed E-state index contributed by atoms with van der Waals surface area (Å²) in [6.07, 6.45) is 0. The minimum absolute atomic E-state index is 0.127. The lowest BCUT2D eigenvalue weighted by molar-refractivity contribution is 0.397. The van der Waals surface area contributed by atoms with Crippen molar-refractivity contribution in [3.63, 3.8) is 0 Å². The second kappa shape index (κ2) is 4.10. The fourth-order valence-electron chi connectivity index (χ4n) is 0.874. The molecule has 76 valence electrons. The Balaban J connectivity index is 3.32. The Hall–Kier alpha value is -1.56.